The monoisotopic (exact) mass is 206 g/mol. The van der Waals surface area contributed by atoms with Gasteiger partial charge in [0.25, 0.3) is 0 Å². The number of carbonyl (C=O) groups excluding carboxylic acids is 1. The molecule has 1 aromatic rings. The highest BCUT2D eigenvalue weighted by Gasteiger charge is 2.13. The van der Waals surface area contributed by atoms with Crippen molar-refractivity contribution in [3.05, 3.63) is 34.4 Å². The fourth-order valence-electron chi connectivity index (χ4n) is 1.53. The Morgan fingerprint density at radius 2 is 1.80 bits per heavy atom. The third kappa shape index (κ3) is 2.82. The Morgan fingerprint density at radius 1 is 1.20 bits per heavy atom. The molecule has 2 nitrogen and oxygen atoms in total. The second-order valence-electron chi connectivity index (χ2n) is 4.21. The van der Waals surface area contributed by atoms with E-state index in [2.05, 4.69) is 6.07 Å². The van der Waals surface area contributed by atoms with E-state index >= 15 is 0 Å². The normalized spacial score (nSPS) is 10.5. The Hall–Kier alpha value is -1.31. The van der Waals surface area contributed by atoms with Crippen LogP contribution in [0.25, 0.3) is 0 Å². The number of rotatable bonds is 2. The largest absolute Gasteiger partial charge is 0.459 e. The van der Waals surface area contributed by atoms with Crippen molar-refractivity contribution in [2.75, 3.05) is 0 Å². The Morgan fingerprint density at radius 3 is 2.33 bits per heavy atom. The van der Waals surface area contributed by atoms with E-state index in [0.29, 0.717) is 5.56 Å². The maximum Gasteiger partial charge on any atom is 0.338 e. The summed E-state index contributed by atoms with van der Waals surface area (Å²) >= 11 is 0. The third-order valence-corrected chi connectivity index (χ3v) is 2.37. The van der Waals surface area contributed by atoms with Crippen LogP contribution < -0.4 is 0 Å². The van der Waals surface area contributed by atoms with Crippen LogP contribution >= 0.6 is 0 Å². The van der Waals surface area contributed by atoms with Crippen molar-refractivity contribution in [2.45, 2.75) is 40.7 Å². The lowest BCUT2D eigenvalue weighted by molar-refractivity contribution is 0.0377. The summed E-state index contributed by atoms with van der Waals surface area (Å²) in [6.45, 7) is 9.66. The number of ether oxygens (including phenoxy) is 1. The summed E-state index contributed by atoms with van der Waals surface area (Å²) in [5, 5.41) is 0. The summed E-state index contributed by atoms with van der Waals surface area (Å²) in [4.78, 5) is 11.8. The number of benzene rings is 1. The fraction of sp³-hybridized carbons (Fsp3) is 0.462. The third-order valence-electron chi connectivity index (χ3n) is 2.37. The van der Waals surface area contributed by atoms with Crippen LogP contribution in [-0.2, 0) is 4.74 Å². The molecule has 0 heterocycles. The molecular formula is C13H18O2. The molecule has 0 aromatic heterocycles. The van der Waals surface area contributed by atoms with E-state index in [0.717, 1.165) is 16.7 Å². The predicted octanol–water partition coefficient (Wildman–Crippen LogP) is 3.18. The maximum atomic E-state index is 11.8. The molecule has 0 unspecified atom stereocenters. The molecular weight excluding hydrogens is 188 g/mol. The van der Waals surface area contributed by atoms with Crippen molar-refractivity contribution in [3.63, 3.8) is 0 Å². The highest BCUT2D eigenvalue weighted by Crippen LogP contribution is 2.17. The first kappa shape index (κ1) is 11.8. The van der Waals surface area contributed by atoms with Crippen LogP contribution in [-0.4, -0.2) is 12.1 Å². The van der Waals surface area contributed by atoms with Crippen molar-refractivity contribution in [1.82, 2.24) is 0 Å². The first-order chi connectivity index (χ1) is 6.91. The van der Waals surface area contributed by atoms with Crippen molar-refractivity contribution in [1.29, 1.82) is 0 Å². The van der Waals surface area contributed by atoms with Crippen LogP contribution in [0, 0.1) is 20.8 Å². The van der Waals surface area contributed by atoms with Gasteiger partial charge in [0.1, 0.15) is 0 Å². The van der Waals surface area contributed by atoms with Crippen LogP contribution in [0.15, 0.2) is 12.1 Å². The molecule has 0 aliphatic carbocycles. The quantitative estimate of drug-likeness (QED) is 0.695. The molecule has 0 aliphatic rings. The summed E-state index contributed by atoms with van der Waals surface area (Å²) in [6, 6.07) is 3.95. The van der Waals surface area contributed by atoms with Crippen LogP contribution in [0.4, 0.5) is 0 Å². The van der Waals surface area contributed by atoms with Gasteiger partial charge in [-0.25, -0.2) is 4.79 Å². The van der Waals surface area contributed by atoms with Gasteiger partial charge >= 0.3 is 5.97 Å². The van der Waals surface area contributed by atoms with Gasteiger partial charge in [0.15, 0.2) is 0 Å². The molecule has 82 valence electrons. The fourth-order valence-corrected chi connectivity index (χ4v) is 1.53. The van der Waals surface area contributed by atoms with E-state index < -0.39 is 0 Å². The van der Waals surface area contributed by atoms with Crippen LogP contribution in [0.1, 0.15) is 40.9 Å². The van der Waals surface area contributed by atoms with Gasteiger partial charge in [-0.1, -0.05) is 6.07 Å². The highest BCUT2D eigenvalue weighted by molar-refractivity contribution is 5.91. The zero-order chi connectivity index (χ0) is 11.6. The molecule has 0 saturated carbocycles. The number of carbonyl (C=O) groups is 1. The smallest absolute Gasteiger partial charge is 0.338 e. The van der Waals surface area contributed by atoms with Crippen molar-refractivity contribution >= 4 is 5.97 Å². The van der Waals surface area contributed by atoms with Gasteiger partial charge in [-0.05, 0) is 57.4 Å². The van der Waals surface area contributed by atoms with Crippen molar-refractivity contribution in [3.8, 4) is 0 Å². The van der Waals surface area contributed by atoms with Crippen LogP contribution in [0.2, 0.25) is 0 Å². The summed E-state index contributed by atoms with van der Waals surface area (Å²) in [5.41, 5.74) is 3.91. The molecule has 0 atom stereocenters. The predicted molar refractivity (Wildman–Crippen MR) is 61.2 cm³/mol. The number of aryl methyl sites for hydroxylation is 2. The molecule has 0 saturated heterocycles. The zero-order valence-corrected chi connectivity index (χ0v) is 10.0. The minimum atomic E-state index is -0.227. The first-order valence-electron chi connectivity index (χ1n) is 5.20. The highest BCUT2D eigenvalue weighted by atomic mass is 16.5. The van der Waals surface area contributed by atoms with E-state index in [1.54, 1.807) is 0 Å². The number of hydrogen-bond acceptors (Lipinski definition) is 2. The van der Waals surface area contributed by atoms with Gasteiger partial charge in [-0.2, -0.15) is 0 Å². The topological polar surface area (TPSA) is 26.3 Å². The minimum Gasteiger partial charge on any atom is -0.459 e. The van der Waals surface area contributed by atoms with Gasteiger partial charge in [0.2, 0.25) is 0 Å². The summed E-state index contributed by atoms with van der Waals surface area (Å²) in [5.74, 6) is -0.227. The molecule has 2 heteroatoms. The zero-order valence-electron chi connectivity index (χ0n) is 10.0. The number of esters is 1. The van der Waals surface area contributed by atoms with Crippen LogP contribution in [0.5, 0.6) is 0 Å². The molecule has 0 spiro atoms. The Bertz CT molecular complexity index is 378. The molecule has 0 aliphatic heterocycles. The van der Waals surface area contributed by atoms with Gasteiger partial charge in [-0.15, -0.1) is 0 Å². The Balaban J connectivity index is 3.08. The SMILES string of the molecule is Cc1cc(C)c(C)c(C(=O)OC(C)C)c1. The van der Waals surface area contributed by atoms with Crippen molar-refractivity contribution < 1.29 is 9.53 Å². The lowest BCUT2D eigenvalue weighted by Crippen LogP contribution is -2.13. The van der Waals surface area contributed by atoms with Gasteiger partial charge < -0.3 is 4.74 Å². The van der Waals surface area contributed by atoms with Crippen molar-refractivity contribution in [2.24, 2.45) is 0 Å². The lowest BCUT2D eigenvalue weighted by Gasteiger charge is -2.12. The first-order valence-corrected chi connectivity index (χ1v) is 5.20. The molecule has 1 aromatic carbocycles. The Labute approximate surface area is 91.3 Å². The maximum absolute atomic E-state index is 11.8. The summed E-state index contributed by atoms with van der Waals surface area (Å²) in [7, 11) is 0. The average Bonchev–Trinajstić information content (AvgIpc) is 2.09. The van der Waals surface area contributed by atoms with E-state index in [9.17, 15) is 4.79 Å². The van der Waals surface area contributed by atoms with Crippen LogP contribution in [0.3, 0.4) is 0 Å². The number of hydrogen-bond donors (Lipinski definition) is 0. The minimum absolute atomic E-state index is 0.0716. The molecule has 0 radical (unpaired) electrons. The second kappa shape index (κ2) is 4.47. The second-order valence-corrected chi connectivity index (χ2v) is 4.21. The van der Waals surface area contributed by atoms with E-state index in [-0.39, 0.29) is 12.1 Å². The molecule has 0 fully saturated rings. The summed E-state index contributed by atoms with van der Waals surface area (Å²) < 4.78 is 5.19. The van der Waals surface area contributed by atoms with E-state index in [1.807, 2.05) is 40.7 Å². The van der Waals surface area contributed by atoms with E-state index in [4.69, 9.17) is 4.74 Å². The molecule has 0 bridgehead atoms. The molecule has 0 N–H and O–H groups in total. The lowest BCUT2D eigenvalue weighted by atomic mass is 10.0. The Kier molecular flexibility index (Phi) is 3.51. The van der Waals surface area contributed by atoms with Gasteiger partial charge in [0.05, 0.1) is 11.7 Å². The average molecular weight is 206 g/mol. The molecule has 15 heavy (non-hydrogen) atoms. The molecule has 1 rings (SSSR count). The summed E-state index contributed by atoms with van der Waals surface area (Å²) in [6.07, 6.45) is -0.0716. The van der Waals surface area contributed by atoms with Gasteiger partial charge in [-0.3, -0.25) is 0 Å². The molecule has 0 amide bonds. The van der Waals surface area contributed by atoms with E-state index in [1.165, 1.54) is 0 Å². The standard InChI is InChI=1S/C13H18O2/c1-8(2)15-13(14)12-7-9(3)6-10(4)11(12)5/h6-8H,1-5H3. The van der Waals surface area contributed by atoms with Gasteiger partial charge in [0, 0.05) is 0 Å².